The van der Waals surface area contributed by atoms with Gasteiger partial charge in [-0.05, 0) is 55.8 Å². The molecule has 0 bridgehead atoms. The summed E-state index contributed by atoms with van der Waals surface area (Å²) in [5.74, 6) is -2.08. The third-order valence-corrected chi connectivity index (χ3v) is 3.50. The van der Waals surface area contributed by atoms with Crippen LogP contribution in [-0.4, -0.2) is 24.6 Å². The lowest BCUT2D eigenvalue weighted by molar-refractivity contribution is -0.131. The molecule has 2 amide bonds. The Morgan fingerprint density at radius 2 is 1.85 bits per heavy atom. The van der Waals surface area contributed by atoms with Gasteiger partial charge in [0, 0.05) is 0 Å². The van der Waals surface area contributed by atoms with Crippen LogP contribution < -0.4 is 15.5 Å². The standard InChI is InChI=1S/C19H20FN3O3/c1-3-26-15-10-8-14(9-11-15)12-21-23-19(25)13(2)18(24)22-17-7-5-4-6-16(17)20/h4-13H,3H2,1-2H3,(H,22,24)(H,23,25). The number of para-hydroxylation sites is 1. The number of ether oxygens (including phenoxy) is 1. The predicted molar refractivity (Wildman–Crippen MR) is 97.5 cm³/mol. The Morgan fingerprint density at radius 3 is 2.50 bits per heavy atom. The summed E-state index contributed by atoms with van der Waals surface area (Å²) in [4.78, 5) is 24.0. The van der Waals surface area contributed by atoms with Crippen LogP contribution >= 0.6 is 0 Å². The molecule has 0 saturated carbocycles. The van der Waals surface area contributed by atoms with Crippen molar-refractivity contribution in [2.75, 3.05) is 11.9 Å². The highest BCUT2D eigenvalue weighted by Gasteiger charge is 2.21. The molecular formula is C19H20FN3O3. The van der Waals surface area contributed by atoms with E-state index in [4.69, 9.17) is 4.74 Å². The van der Waals surface area contributed by atoms with Gasteiger partial charge in [0.05, 0.1) is 18.5 Å². The van der Waals surface area contributed by atoms with Crippen molar-refractivity contribution < 1.29 is 18.7 Å². The number of rotatable bonds is 7. The number of halogens is 1. The van der Waals surface area contributed by atoms with Crippen LogP contribution in [-0.2, 0) is 9.59 Å². The van der Waals surface area contributed by atoms with E-state index in [0.717, 1.165) is 11.3 Å². The number of carbonyl (C=O) groups is 2. The number of nitrogens with zero attached hydrogens (tertiary/aromatic N) is 1. The maximum absolute atomic E-state index is 13.5. The van der Waals surface area contributed by atoms with Gasteiger partial charge in [0.25, 0.3) is 5.91 Å². The number of hydrazone groups is 1. The molecule has 0 heterocycles. The van der Waals surface area contributed by atoms with E-state index >= 15 is 0 Å². The van der Waals surface area contributed by atoms with E-state index in [1.807, 2.05) is 6.92 Å². The zero-order valence-corrected chi connectivity index (χ0v) is 14.5. The van der Waals surface area contributed by atoms with Gasteiger partial charge in [-0.3, -0.25) is 9.59 Å². The molecule has 0 fully saturated rings. The van der Waals surface area contributed by atoms with Gasteiger partial charge < -0.3 is 10.1 Å². The van der Waals surface area contributed by atoms with Gasteiger partial charge in [-0.25, -0.2) is 9.82 Å². The van der Waals surface area contributed by atoms with Crippen LogP contribution in [0.5, 0.6) is 5.75 Å². The first-order valence-corrected chi connectivity index (χ1v) is 8.12. The highest BCUT2D eigenvalue weighted by atomic mass is 19.1. The lowest BCUT2D eigenvalue weighted by Gasteiger charge is -2.11. The molecule has 2 aromatic carbocycles. The number of hydrogen-bond donors (Lipinski definition) is 2. The predicted octanol–water partition coefficient (Wildman–Crippen LogP) is 2.95. The number of hydrogen-bond acceptors (Lipinski definition) is 4. The van der Waals surface area contributed by atoms with E-state index in [0.29, 0.717) is 6.61 Å². The largest absolute Gasteiger partial charge is 0.494 e. The van der Waals surface area contributed by atoms with E-state index in [2.05, 4.69) is 15.8 Å². The molecule has 2 rings (SSSR count). The first-order valence-electron chi connectivity index (χ1n) is 8.12. The Morgan fingerprint density at radius 1 is 1.15 bits per heavy atom. The van der Waals surface area contributed by atoms with E-state index in [1.165, 1.54) is 31.3 Å². The molecule has 1 atom stereocenters. The number of benzene rings is 2. The minimum absolute atomic E-state index is 0.0232. The monoisotopic (exact) mass is 357 g/mol. The van der Waals surface area contributed by atoms with Crippen LogP contribution in [0.25, 0.3) is 0 Å². The molecule has 2 aromatic rings. The summed E-state index contributed by atoms with van der Waals surface area (Å²) in [6, 6.07) is 12.9. The van der Waals surface area contributed by atoms with Gasteiger partial charge in [0.1, 0.15) is 17.5 Å². The number of anilines is 1. The Kier molecular flexibility index (Phi) is 6.84. The molecule has 0 saturated heterocycles. The molecule has 6 nitrogen and oxygen atoms in total. The van der Waals surface area contributed by atoms with Gasteiger partial charge >= 0.3 is 0 Å². The first kappa shape index (κ1) is 19.1. The summed E-state index contributed by atoms with van der Waals surface area (Å²) in [7, 11) is 0. The Balaban J connectivity index is 1.88. The second kappa shape index (κ2) is 9.31. The van der Waals surface area contributed by atoms with Crippen molar-refractivity contribution in [2.24, 2.45) is 11.0 Å². The average molecular weight is 357 g/mol. The van der Waals surface area contributed by atoms with E-state index in [9.17, 15) is 14.0 Å². The van der Waals surface area contributed by atoms with Crippen molar-refractivity contribution in [1.29, 1.82) is 0 Å². The lowest BCUT2D eigenvalue weighted by Crippen LogP contribution is -2.34. The number of nitrogens with one attached hydrogen (secondary N) is 2. The molecule has 0 spiro atoms. The van der Waals surface area contributed by atoms with Crippen molar-refractivity contribution in [3.63, 3.8) is 0 Å². The smallest absolute Gasteiger partial charge is 0.252 e. The third-order valence-electron chi connectivity index (χ3n) is 3.50. The van der Waals surface area contributed by atoms with Crippen molar-refractivity contribution >= 4 is 23.7 Å². The van der Waals surface area contributed by atoms with Crippen molar-refractivity contribution in [2.45, 2.75) is 13.8 Å². The summed E-state index contributed by atoms with van der Waals surface area (Å²) in [5.41, 5.74) is 3.08. The summed E-state index contributed by atoms with van der Waals surface area (Å²) < 4.78 is 18.9. The molecule has 26 heavy (non-hydrogen) atoms. The molecule has 0 aliphatic rings. The summed E-state index contributed by atoms with van der Waals surface area (Å²) in [6.45, 7) is 3.89. The van der Waals surface area contributed by atoms with Gasteiger partial charge in [-0.1, -0.05) is 12.1 Å². The van der Waals surface area contributed by atoms with Gasteiger partial charge in [0.15, 0.2) is 0 Å². The SMILES string of the molecule is CCOc1ccc(C=NNC(=O)C(C)C(=O)Nc2ccccc2F)cc1. The summed E-state index contributed by atoms with van der Waals surface area (Å²) in [5, 5.41) is 6.20. The highest BCUT2D eigenvalue weighted by Crippen LogP contribution is 2.14. The van der Waals surface area contributed by atoms with E-state index in [1.54, 1.807) is 30.3 Å². The number of amides is 2. The molecule has 136 valence electrons. The first-order chi connectivity index (χ1) is 12.5. The van der Waals surface area contributed by atoms with E-state index < -0.39 is 23.5 Å². The molecule has 0 aromatic heterocycles. The van der Waals surface area contributed by atoms with Crippen molar-refractivity contribution in [1.82, 2.24) is 5.43 Å². The van der Waals surface area contributed by atoms with E-state index in [-0.39, 0.29) is 5.69 Å². The molecule has 2 N–H and O–H groups in total. The Labute approximate surface area is 151 Å². The molecule has 7 heteroatoms. The summed E-state index contributed by atoms with van der Waals surface area (Å²) >= 11 is 0. The number of carbonyl (C=O) groups excluding carboxylic acids is 2. The average Bonchev–Trinajstić information content (AvgIpc) is 2.64. The second-order valence-electron chi connectivity index (χ2n) is 5.43. The molecular weight excluding hydrogens is 337 g/mol. The maximum Gasteiger partial charge on any atom is 0.252 e. The minimum Gasteiger partial charge on any atom is -0.494 e. The topological polar surface area (TPSA) is 79.8 Å². The van der Waals surface area contributed by atoms with Crippen LogP contribution in [0.3, 0.4) is 0 Å². The normalized spacial score (nSPS) is 11.8. The highest BCUT2D eigenvalue weighted by molar-refractivity contribution is 6.06. The van der Waals surface area contributed by atoms with Crippen LogP contribution in [0.4, 0.5) is 10.1 Å². The third kappa shape index (κ3) is 5.41. The molecule has 0 aliphatic carbocycles. The second-order valence-corrected chi connectivity index (χ2v) is 5.43. The molecule has 1 unspecified atom stereocenters. The Hall–Kier alpha value is -3.22. The van der Waals surface area contributed by atoms with Gasteiger partial charge in [-0.15, -0.1) is 0 Å². The van der Waals surface area contributed by atoms with Crippen molar-refractivity contribution in [3.05, 3.63) is 59.9 Å². The van der Waals surface area contributed by atoms with Crippen LogP contribution in [0.1, 0.15) is 19.4 Å². The summed E-state index contributed by atoms with van der Waals surface area (Å²) in [6.07, 6.45) is 1.45. The quantitative estimate of drug-likeness (QED) is 0.454. The fraction of sp³-hybridized carbons (Fsp3) is 0.211. The lowest BCUT2D eigenvalue weighted by atomic mass is 10.1. The van der Waals surface area contributed by atoms with Crippen LogP contribution in [0, 0.1) is 11.7 Å². The molecule has 0 radical (unpaired) electrons. The fourth-order valence-electron chi connectivity index (χ4n) is 2.01. The maximum atomic E-state index is 13.5. The zero-order chi connectivity index (χ0) is 18.9. The Bertz CT molecular complexity index is 791. The zero-order valence-electron chi connectivity index (χ0n) is 14.5. The fourth-order valence-corrected chi connectivity index (χ4v) is 2.01. The van der Waals surface area contributed by atoms with Gasteiger partial charge in [0.2, 0.25) is 5.91 Å². The van der Waals surface area contributed by atoms with Crippen LogP contribution in [0.2, 0.25) is 0 Å². The minimum atomic E-state index is -1.04. The van der Waals surface area contributed by atoms with Gasteiger partial charge in [-0.2, -0.15) is 5.10 Å². The van der Waals surface area contributed by atoms with Crippen LogP contribution in [0.15, 0.2) is 53.6 Å². The van der Waals surface area contributed by atoms with Crippen molar-refractivity contribution in [3.8, 4) is 5.75 Å². The molecule has 0 aliphatic heterocycles.